The van der Waals surface area contributed by atoms with Crippen molar-refractivity contribution < 1.29 is 15.0 Å². The highest BCUT2D eigenvalue weighted by atomic mass is 16.3. The highest BCUT2D eigenvalue weighted by Gasteiger charge is 2.12. The van der Waals surface area contributed by atoms with Gasteiger partial charge in [-0.15, -0.1) is 0 Å². The number of unbranched alkanes of at least 4 members (excludes halogenated alkanes) is 1. The number of benzene rings is 1. The molecule has 0 atom stereocenters. The van der Waals surface area contributed by atoms with Crippen LogP contribution in [0, 0.1) is 0 Å². The van der Waals surface area contributed by atoms with Crippen LogP contribution < -0.4 is 0 Å². The van der Waals surface area contributed by atoms with Gasteiger partial charge in [0, 0.05) is 13.1 Å². The monoisotopic (exact) mass is 251 g/mol. The first-order valence-corrected chi connectivity index (χ1v) is 6.34. The number of carbonyl (C=O) groups excluding carboxylic acids is 1. The predicted molar refractivity (Wildman–Crippen MR) is 70.4 cm³/mol. The van der Waals surface area contributed by atoms with E-state index >= 15 is 0 Å². The van der Waals surface area contributed by atoms with Crippen LogP contribution in [0.3, 0.4) is 0 Å². The average Bonchev–Trinajstić information content (AvgIpc) is 2.37. The molecule has 0 bridgehead atoms. The first-order chi connectivity index (χ1) is 8.67. The zero-order chi connectivity index (χ0) is 13.4. The molecule has 4 heteroatoms. The number of hydrogen-bond acceptors (Lipinski definition) is 3. The first kappa shape index (κ1) is 14.5. The molecule has 1 amide bonds. The Morgan fingerprint density at radius 3 is 2.44 bits per heavy atom. The van der Waals surface area contributed by atoms with Gasteiger partial charge in [0.25, 0.3) is 0 Å². The van der Waals surface area contributed by atoms with E-state index in [0.717, 1.165) is 18.4 Å². The topological polar surface area (TPSA) is 60.8 Å². The summed E-state index contributed by atoms with van der Waals surface area (Å²) in [5, 5.41) is 18.1. The Morgan fingerprint density at radius 2 is 1.89 bits per heavy atom. The minimum absolute atomic E-state index is 0.00890. The molecule has 0 spiro atoms. The Labute approximate surface area is 108 Å². The van der Waals surface area contributed by atoms with E-state index in [4.69, 9.17) is 5.11 Å². The summed E-state index contributed by atoms with van der Waals surface area (Å²) in [7, 11) is 0. The predicted octanol–water partition coefficient (Wildman–Crippen LogP) is 1.56. The van der Waals surface area contributed by atoms with Crippen molar-refractivity contribution in [2.45, 2.75) is 26.2 Å². The molecule has 18 heavy (non-hydrogen) atoms. The van der Waals surface area contributed by atoms with Crippen molar-refractivity contribution in [3.8, 4) is 5.75 Å². The summed E-state index contributed by atoms with van der Waals surface area (Å²) >= 11 is 0. The summed E-state index contributed by atoms with van der Waals surface area (Å²) in [6.45, 7) is 3.14. The molecule has 0 heterocycles. The summed E-state index contributed by atoms with van der Waals surface area (Å²) in [6, 6.07) is 6.63. The number of amides is 1. The Bertz CT molecular complexity index is 362. The third kappa shape index (κ3) is 4.75. The second-order valence-electron chi connectivity index (χ2n) is 4.30. The van der Waals surface area contributed by atoms with E-state index in [9.17, 15) is 9.90 Å². The van der Waals surface area contributed by atoms with E-state index in [-0.39, 0.29) is 18.3 Å². The molecule has 4 nitrogen and oxygen atoms in total. The normalized spacial score (nSPS) is 10.3. The summed E-state index contributed by atoms with van der Waals surface area (Å²) in [5.74, 6) is 0.215. The van der Waals surface area contributed by atoms with Crippen LogP contribution >= 0.6 is 0 Å². The number of rotatable bonds is 7. The van der Waals surface area contributed by atoms with E-state index in [1.54, 1.807) is 29.2 Å². The number of aliphatic hydroxyl groups is 1. The number of aliphatic hydroxyl groups excluding tert-OH is 1. The fourth-order valence-corrected chi connectivity index (χ4v) is 1.73. The summed E-state index contributed by atoms with van der Waals surface area (Å²) in [6.07, 6.45) is 2.28. The van der Waals surface area contributed by atoms with Gasteiger partial charge in [-0.2, -0.15) is 0 Å². The van der Waals surface area contributed by atoms with Gasteiger partial charge in [-0.25, -0.2) is 0 Å². The maximum atomic E-state index is 12.0. The smallest absolute Gasteiger partial charge is 0.227 e. The van der Waals surface area contributed by atoms with Gasteiger partial charge in [0.15, 0.2) is 0 Å². The molecule has 0 fully saturated rings. The van der Waals surface area contributed by atoms with Crippen molar-refractivity contribution in [2.24, 2.45) is 0 Å². The second kappa shape index (κ2) is 7.71. The molecule has 0 unspecified atom stereocenters. The fourth-order valence-electron chi connectivity index (χ4n) is 1.73. The molecular weight excluding hydrogens is 230 g/mol. The highest BCUT2D eigenvalue weighted by Crippen LogP contribution is 2.11. The van der Waals surface area contributed by atoms with E-state index in [2.05, 4.69) is 6.92 Å². The first-order valence-electron chi connectivity index (χ1n) is 6.34. The van der Waals surface area contributed by atoms with Crippen LogP contribution in [0.1, 0.15) is 25.3 Å². The summed E-state index contributed by atoms with van der Waals surface area (Å²) in [4.78, 5) is 13.7. The highest BCUT2D eigenvalue weighted by molar-refractivity contribution is 5.78. The SMILES string of the molecule is CCCCN(CCO)C(=O)Cc1ccc(O)cc1. The van der Waals surface area contributed by atoms with Gasteiger partial charge in [-0.3, -0.25) is 4.79 Å². The molecule has 0 saturated carbocycles. The Kier molecular flexibility index (Phi) is 6.22. The molecule has 0 aromatic heterocycles. The van der Waals surface area contributed by atoms with Crippen LogP contribution in [0.15, 0.2) is 24.3 Å². The van der Waals surface area contributed by atoms with E-state index in [0.29, 0.717) is 19.5 Å². The van der Waals surface area contributed by atoms with Crippen LogP contribution in [-0.2, 0) is 11.2 Å². The van der Waals surface area contributed by atoms with Gasteiger partial charge < -0.3 is 15.1 Å². The lowest BCUT2D eigenvalue weighted by Gasteiger charge is -2.21. The van der Waals surface area contributed by atoms with Crippen molar-refractivity contribution in [1.29, 1.82) is 0 Å². The van der Waals surface area contributed by atoms with Crippen molar-refractivity contribution in [2.75, 3.05) is 19.7 Å². The van der Waals surface area contributed by atoms with Crippen LogP contribution in [0.5, 0.6) is 5.75 Å². The molecule has 1 aromatic carbocycles. The zero-order valence-corrected chi connectivity index (χ0v) is 10.8. The van der Waals surface area contributed by atoms with Crippen molar-refractivity contribution >= 4 is 5.91 Å². The van der Waals surface area contributed by atoms with Gasteiger partial charge in [0.1, 0.15) is 5.75 Å². The molecule has 0 aliphatic heterocycles. The molecule has 0 radical (unpaired) electrons. The number of phenolic OH excluding ortho intramolecular Hbond substituents is 1. The van der Waals surface area contributed by atoms with Crippen molar-refractivity contribution in [3.63, 3.8) is 0 Å². The Hall–Kier alpha value is -1.55. The molecule has 0 saturated heterocycles. The lowest BCUT2D eigenvalue weighted by molar-refractivity contribution is -0.131. The Morgan fingerprint density at radius 1 is 1.22 bits per heavy atom. The van der Waals surface area contributed by atoms with Crippen LogP contribution in [0.2, 0.25) is 0 Å². The van der Waals surface area contributed by atoms with Gasteiger partial charge in [0.2, 0.25) is 5.91 Å². The maximum absolute atomic E-state index is 12.0. The third-order valence-corrected chi connectivity index (χ3v) is 2.80. The van der Waals surface area contributed by atoms with Gasteiger partial charge in [-0.1, -0.05) is 25.5 Å². The van der Waals surface area contributed by atoms with Gasteiger partial charge in [-0.05, 0) is 24.1 Å². The minimum Gasteiger partial charge on any atom is -0.508 e. The van der Waals surface area contributed by atoms with Crippen LogP contribution in [0.4, 0.5) is 0 Å². The van der Waals surface area contributed by atoms with Crippen molar-refractivity contribution in [1.82, 2.24) is 4.90 Å². The van der Waals surface area contributed by atoms with E-state index < -0.39 is 0 Å². The fraction of sp³-hybridized carbons (Fsp3) is 0.500. The molecule has 0 aliphatic rings. The zero-order valence-electron chi connectivity index (χ0n) is 10.8. The minimum atomic E-state index is -0.00890. The molecule has 2 N–H and O–H groups in total. The summed E-state index contributed by atoms with van der Waals surface area (Å²) in [5.41, 5.74) is 0.872. The number of aromatic hydroxyl groups is 1. The van der Waals surface area contributed by atoms with Crippen molar-refractivity contribution in [3.05, 3.63) is 29.8 Å². The third-order valence-electron chi connectivity index (χ3n) is 2.80. The summed E-state index contributed by atoms with van der Waals surface area (Å²) < 4.78 is 0. The van der Waals surface area contributed by atoms with E-state index in [1.807, 2.05) is 0 Å². The average molecular weight is 251 g/mol. The molecule has 1 aromatic rings. The standard InChI is InChI=1S/C14H21NO3/c1-2-3-8-15(9-10-16)14(18)11-12-4-6-13(17)7-5-12/h4-7,16-17H,2-3,8-11H2,1H3. The van der Waals surface area contributed by atoms with Gasteiger partial charge in [0.05, 0.1) is 13.0 Å². The number of hydrogen-bond donors (Lipinski definition) is 2. The number of carbonyl (C=O) groups is 1. The van der Waals surface area contributed by atoms with Crippen LogP contribution in [-0.4, -0.2) is 40.7 Å². The number of nitrogens with zero attached hydrogens (tertiary/aromatic N) is 1. The van der Waals surface area contributed by atoms with E-state index in [1.165, 1.54) is 0 Å². The lowest BCUT2D eigenvalue weighted by Crippen LogP contribution is -2.35. The second-order valence-corrected chi connectivity index (χ2v) is 4.30. The lowest BCUT2D eigenvalue weighted by atomic mass is 10.1. The van der Waals surface area contributed by atoms with Gasteiger partial charge >= 0.3 is 0 Å². The molecule has 100 valence electrons. The quantitative estimate of drug-likeness (QED) is 0.773. The number of phenols is 1. The maximum Gasteiger partial charge on any atom is 0.227 e. The largest absolute Gasteiger partial charge is 0.508 e. The molecule has 0 aliphatic carbocycles. The Balaban J connectivity index is 2.57. The molecule has 1 rings (SSSR count). The van der Waals surface area contributed by atoms with Crippen LogP contribution in [0.25, 0.3) is 0 Å². The molecular formula is C14H21NO3.